The van der Waals surface area contributed by atoms with Crippen molar-refractivity contribution in [1.82, 2.24) is 19.9 Å². The zero-order valence-corrected chi connectivity index (χ0v) is 49.3. The molecule has 10 N–H and O–H groups in total. The number of allylic oxidation sites excluding steroid dienone is 1. The number of cyclic esters (lactones) is 1. The fourth-order valence-electron chi connectivity index (χ4n) is 18.2. The molecule has 14 rings (SSSR count). The van der Waals surface area contributed by atoms with Crippen LogP contribution >= 0.6 is 0 Å². The number of aryl methyl sites for hydroxylation is 1. The number of ether oxygens (including phenoxy) is 3. The van der Waals surface area contributed by atoms with Crippen LogP contribution in [0.2, 0.25) is 0 Å². The van der Waals surface area contributed by atoms with Crippen molar-refractivity contribution in [3.63, 3.8) is 0 Å². The van der Waals surface area contributed by atoms with Crippen LogP contribution < -0.4 is 14.8 Å². The topological polar surface area (TPSA) is 252 Å². The van der Waals surface area contributed by atoms with Crippen LogP contribution in [0, 0.1) is 46.8 Å². The molecule has 16 heteroatoms. The van der Waals surface area contributed by atoms with E-state index in [9.17, 15) is 40.5 Å². The summed E-state index contributed by atoms with van der Waals surface area (Å²) in [6.45, 7) is 1.57. The SMILES string of the molecule is COc1cc2c(cc1O)C1=C[C@H]3C[C@@]4(CC[C@]5(C4)N[C@H]([C@H](C)O)C[C@H]4CCc6ccc(O)cc6-c6cc7[nH]ccc7n6[C@@H]45)[C@H]4C[C@H](O)CC[C@H]4[C@@H]3[C@H]2CC(=O)C[C@@H]([C@H](O)Cc2ccc(O)c(OCCO)c2)OC(=O)CC#CCc2c1[nH]c1ccccc21. The lowest BCUT2D eigenvalue weighted by Crippen LogP contribution is -2.64. The van der Waals surface area contributed by atoms with Crippen molar-refractivity contribution in [1.29, 1.82) is 0 Å². The number of fused-ring (bicyclic) bond motifs is 17. The number of benzene rings is 4. The summed E-state index contributed by atoms with van der Waals surface area (Å²) < 4.78 is 20.2. The maximum Gasteiger partial charge on any atom is 0.318 e. The van der Waals surface area contributed by atoms with Crippen LogP contribution in [-0.4, -0.2) is 118 Å². The largest absolute Gasteiger partial charge is 0.508 e. The number of aromatic amines is 2. The number of phenolic OH excluding ortho intramolecular Hbond substituents is 3. The molecule has 3 aliphatic heterocycles. The molecule has 2 spiro atoms. The summed E-state index contributed by atoms with van der Waals surface area (Å²) in [5.41, 5.74) is 10.2. The molecule has 3 aromatic heterocycles. The summed E-state index contributed by atoms with van der Waals surface area (Å²) in [5.74, 6) is 5.27. The number of aromatic hydroxyl groups is 3. The Morgan fingerprint density at radius 2 is 1.72 bits per heavy atom. The molecule has 4 aliphatic carbocycles. The smallest absolute Gasteiger partial charge is 0.318 e. The van der Waals surface area contributed by atoms with E-state index in [-0.39, 0.29) is 127 Å². The van der Waals surface area contributed by atoms with Crippen molar-refractivity contribution in [3.05, 3.63) is 131 Å². The van der Waals surface area contributed by atoms with Crippen LogP contribution in [0.1, 0.15) is 129 Å². The van der Waals surface area contributed by atoms with Crippen LogP contribution in [0.5, 0.6) is 28.7 Å². The van der Waals surface area contributed by atoms with Crippen LogP contribution in [0.25, 0.3) is 38.8 Å². The number of Topliss-reactive ketones (excluding diaryl/α,β-unsaturated/α-hetero) is 1. The molecule has 1 saturated heterocycles. The first-order chi connectivity index (χ1) is 42.1. The number of methoxy groups -OCH3 is 1. The lowest BCUT2D eigenvalue weighted by Gasteiger charge is -2.59. The van der Waals surface area contributed by atoms with E-state index in [1.54, 1.807) is 24.3 Å². The number of carbonyl (C=O) groups is 2. The molecular weight excluding hydrogens is 1100 g/mol. The molecule has 4 aromatic carbocycles. The highest BCUT2D eigenvalue weighted by Crippen LogP contribution is 2.69. The normalized spacial score (nSPS) is 30.2. The summed E-state index contributed by atoms with van der Waals surface area (Å²) in [6, 6.07) is 26.4. The third kappa shape index (κ3) is 10.1. The summed E-state index contributed by atoms with van der Waals surface area (Å²) in [5, 5.41) is 84.4. The Hall–Kier alpha value is -7.52. The molecule has 16 nitrogen and oxygen atoms in total. The van der Waals surface area contributed by atoms with E-state index in [1.807, 2.05) is 43.5 Å². The monoisotopic (exact) mass is 1180 g/mol. The van der Waals surface area contributed by atoms with Gasteiger partial charge in [0.2, 0.25) is 0 Å². The van der Waals surface area contributed by atoms with Crippen LogP contribution in [0.3, 0.4) is 0 Å². The van der Waals surface area contributed by atoms with Crippen LogP contribution in [-0.2, 0) is 33.6 Å². The van der Waals surface area contributed by atoms with Gasteiger partial charge in [-0.3, -0.25) is 9.59 Å². The van der Waals surface area contributed by atoms with E-state index in [4.69, 9.17) is 14.2 Å². The number of carbonyl (C=O) groups excluding carboxylic acids is 2. The molecule has 7 aromatic rings. The molecular formula is C71H78N4O12. The number of aliphatic hydroxyl groups is 4. The van der Waals surface area contributed by atoms with Gasteiger partial charge in [0, 0.05) is 65.5 Å². The fourth-order valence-corrected chi connectivity index (χ4v) is 18.2. The van der Waals surface area contributed by atoms with E-state index >= 15 is 4.79 Å². The molecule has 2 bridgehead atoms. The number of nitrogens with one attached hydrogen (secondary N) is 3. The van der Waals surface area contributed by atoms with Crippen molar-refractivity contribution in [3.8, 4) is 51.8 Å². The van der Waals surface area contributed by atoms with Gasteiger partial charge in [-0.25, -0.2) is 0 Å². The van der Waals surface area contributed by atoms with E-state index < -0.39 is 41.8 Å². The standard InChI is InChI=1S/C71H78N4O12/c1-38(77)56-28-41-13-12-40-14-15-43(78)29-49(40)59-35-57-58(19-22-72-57)75(59)69(41)71(74-56)21-20-70(37-71)36-42-27-53-50-33-62(83)63(85-2)34-51(50)52(67(42)48-17-16-44(79)31-54(48)70)30-45(80)32-65(61(82)25-39-11-18-60(81)64(26-39)86-24-23-76)87-66(84)10-6-4-8-47-46-7-3-5-9-55(46)73-68(47)53/h3,5,7,9,11,14-15,18-19,22,26-27,29,33-35,38,41-42,44,48,52,54,56,61,65,67,69,72-74,76-79,81-83H,8,10,12-13,16-17,20-21,23-25,28,30-32,36-37H2,1-2H3/t38-,41+,42-,44+,48+,52-,54-,56-,61+,65-,67+,69-,70+,71+/m0/s1. The minimum atomic E-state index is -1.36. The number of H-pyrrole nitrogens is 2. The molecule has 0 unspecified atom stereocenters. The van der Waals surface area contributed by atoms with Gasteiger partial charge in [0.1, 0.15) is 30.7 Å². The van der Waals surface area contributed by atoms with E-state index in [0.29, 0.717) is 24.8 Å². The maximum absolute atomic E-state index is 15.6. The quantitative estimate of drug-likeness (QED) is 0.0503. The zero-order chi connectivity index (χ0) is 60.0. The zero-order valence-electron chi connectivity index (χ0n) is 49.3. The molecule has 0 radical (unpaired) electrons. The Morgan fingerprint density at radius 1 is 0.874 bits per heavy atom. The molecule has 4 fully saturated rings. The van der Waals surface area contributed by atoms with Crippen LogP contribution in [0.4, 0.5) is 0 Å². The number of hydrogen-bond donors (Lipinski definition) is 10. The van der Waals surface area contributed by atoms with Crippen LogP contribution in [0.15, 0.2) is 97.2 Å². The summed E-state index contributed by atoms with van der Waals surface area (Å²) >= 11 is 0. The highest BCUT2D eigenvalue weighted by molar-refractivity contribution is 5.95. The Labute approximate surface area is 505 Å². The van der Waals surface area contributed by atoms with Gasteiger partial charge in [-0.15, -0.1) is 0 Å². The van der Waals surface area contributed by atoms with Gasteiger partial charge < -0.3 is 69.8 Å². The van der Waals surface area contributed by atoms with Crippen molar-refractivity contribution in [2.45, 2.75) is 151 Å². The minimum Gasteiger partial charge on any atom is -0.508 e. The third-order valence-electron chi connectivity index (χ3n) is 21.6. The maximum atomic E-state index is 15.6. The highest BCUT2D eigenvalue weighted by Gasteiger charge is 2.65. The Bertz CT molecular complexity index is 3920. The number of hydrogen-bond acceptors (Lipinski definition) is 13. The second-order valence-electron chi connectivity index (χ2n) is 26.5. The molecule has 6 heterocycles. The second kappa shape index (κ2) is 22.6. The number of para-hydroxylation sites is 1. The van der Waals surface area contributed by atoms with Crippen molar-refractivity contribution in [2.75, 3.05) is 20.3 Å². The van der Waals surface area contributed by atoms with Crippen molar-refractivity contribution < 1.29 is 59.5 Å². The van der Waals surface area contributed by atoms with Gasteiger partial charge in [-0.1, -0.05) is 48.2 Å². The number of esters is 1. The average Bonchev–Trinajstić information content (AvgIpc) is 1.61. The predicted molar refractivity (Wildman–Crippen MR) is 328 cm³/mol. The van der Waals surface area contributed by atoms with Gasteiger partial charge >= 0.3 is 5.97 Å². The van der Waals surface area contributed by atoms with Crippen molar-refractivity contribution in [2.24, 2.45) is 35.0 Å². The predicted octanol–water partition coefficient (Wildman–Crippen LogP) is 9.83. The second-order valence-corrected chi connectivity index (χ2v) is 26.5. The molecule has 14 atom stereocenters. The van der Waals surface area contributed by atoms with Gasteiger partial charge in [0.25, 0.3) is 0 Å². The number of nitrogens with zero attached hydrogens (tertiary/aromatic N) is 1. The first-order valence-corrected chi connectivity index (χ1v) is 31.4. The number of aromatic nitrogens is 3. The van der Waals surface area contributed by atoms with Gasteiger partial charge in [-0.2, -0.15) is 0 Å². The first kappa shape index (κ1) is 57.2. The lowest BCUT2D eigenvalue weighted by molar-refractivity contribution is -0.155. The number of aliphatic hydroxyl groups excluding tert-OH is 4. The highest BCUT2D eigenvalue weighted by atomic mass is 16.6. The molecule has 7 aliphatic rings. The van der Waals surface area contributed by atoms with E-state index in [2.05, 4.69) is 62.0 Å². The molecule has 3 saturated carbocycles. The fraction of sp³-hybridized carbons (Fsp3) is 0.465. The minimum absolute atomic E-state index is 0.00585. The van der Waals surface area contributed by atoms with Gasteiger partial charge in [0.05, 0.1) is 60.5 Å². The third-order valence-corrected chi connectivity index (χ3v) is 21.6. The number of piperidine rings is 1. The Kier molecular flexibility index (Phi) is 14.8. The summed E-state index contributed by atoms with van der Waals surface area (Å²) in [6.07, 6.45) is 7.84. The average molecular weight is 1180 g/mol. The summed E-state index contributed by atoms with van der Waals surface area (Å²) in [7, 11) is 1.53. The lowest BCUT2D eigenvalue weighted by atomic mass is 9.47. The number of phenols is 3. The Morgan fingerprint density at radius 3 is 2.56 bits per heavy atom. The molecule has 87 heavy (non-hydrogen) atoms. The molecule has 454 valence electrons. The van der Waals surface area contributed by atoms with Crippen molar-refractivity contribution >= 4 is 39.3 Å². The van der Waals surface area contributed by atoms with Gasteiger partial charge in [-0.05, 0) is 194 Å². The Balaban J connectivity index is 0.929. The van der Waals surface area contributed by atoms with Gasteiger partial charge in [0.15, 0.2) is 23.0 Å². The number of ketones is 1. The van der Waals surface area contributed by atoms with E-state index in [0.717, 1.165) is 106 Å². The summed E-state index contributed by atoms with van der Waals surface area (Å²) in [4.78, 5) is 36.9. The first-order valence-electron chi connectivity index (χ1n) is 31.4. The molecule has 0 amide bonds. The van der Waals surface area contributed by atoms with E-state index in [1.165, 1.54) is 18.7 Å². The number of rotatable bonds is 8.